The molecule has 1 aromatic rings. The van der Waals surface area contributed by atoms with E-state index in [1.807, 2.05) is 0 Å². The molecule has 1 aliphatic carbocycles. The number of aryl methyl sites for hydroxylation is 2. The summed E-state index contributed by atoms with van der Waals surface area (Å²) < 4.78 is 0.596. The van der Waals surface area contributed by atoms with Gasteiger partial charge in [-0.15, -0.1) is 11.8 Å². The maximum atomic E-state index is 2.35. The maximum absolute atomic E-state index is 2.35. The van der Waals surface area contributed by atoms with Gasteiger partial charge in [-0.25, -0.2) is 0 Å². The second kappa shape index (κ2) is 3.80. The first-order chi connectivity index (χ1) is 7.74. The van der Waals surface area contributed by atoms with Crippen LogP contribution in [0.15, 0.2) is 17.0 Å². The molecule has 0 atom stereocenters. The largest absolute Gasteiger partial charge is 0.118 e. The van der Waals surface area contributed by atoms with Gasteiger partial charge < -0.3 is 0 Å². The summed E-state index contributed by atoms with van der Waals surface area (Å²) in [6.07, 6.45) is 8.31. The zero-order valence-electron chi connectivity index (χ0n) is 10.3. The highest BCUT2D eigenvalue weighted by atomic mass is 32.2. The Morgan fingerprint density at radius 1 is 1.25 bits per heavy atom. The van der Waals surface area contributed by atoms with Crippen molar-refractivity contribution in [2.45, 2.75) is 62.0 Å². The fourth-order valence-electron chi connectivity index (χ4n) is 3.33. The van der Waals surface area contributed by atoms with E-state index in [9.17, 15) is 0 Å². The van der Waals surface area contributed by atoms with Gasteiger partial charge in [0.1, 0.15) is 0 Å². The summed E-state index contributed by atoms with van der Waals surface area (Å²) in [5.74, 6) is 0. The molecule has 0 amide bonds. The third-order valence-electron chi connectivity index (χ3n) is 4.27. The lowest BCUT2D eigenvalue weighted by molar-refractivity contribution is 0.614. The zero-order valence-corrected chi connectivity index (χ0v) is 11.1. The van der Waals surface area contributed by atoms with Gasteiger partial charge in [0.2, 0.25) is 0 Å². The number of hydrogen-bond donors (Lipinski definition) is 0. The van der Waals surface area contributed by atoms with Crippen LogP contribution in [0.5, 0.6) is 0 Å². The molecular formula is C15H20S. The lowest BCUT2D eigenvalue weighted by Gasteiger charge is -2.20. The Morgan fingerprint density at radius 2 is 2.00 bits per heavy atom. The minimum atomic E-state index is 0.596. The van der Waals surface area contributed by atoms with Gasteiger partial charge in [-0.1, -0.05) is 31.9 Å². The fraction of sp³-hybridized carbons (Fsp3) is 0.600. The Hall–Kier alpha value is -0.430. The van der Waals surface area contributed by atoms with E-state index in [2.05, 4.69) is 37.7 Å². The van der Waals surface area contributed by atoms with Gasteiger partial charge in [-0.3, -0.25) is 0 Å². The number of benzene rings is 1. The van der Waals surface area contributed by atoms with Crippen LogP contribution in [-0.2, 0) is 12.8 Å². The first-order valence-electron chi connectivity index (χ1n) is 6.54. The predicted molar refractivity (Wildman–Crippen MR) is 71.3 cm³/mol. The third kappa shape index (κ3) is 1.52. The Bertz CT molecular complexity index is 414. The van der Waals surface area contributed by atoms with Gasteiger partial charge in [0, 0.05) is 9.64 Å². The van der Waals surface area contributed by atoms with E-state index in [0.29, 0.717) is 4.75 Å². The molecule has 0 radical (unpaired) electrons. The fourth-order valence-corrected chi connectivity index (χ4v) is 5.02. The Kier molecular flexibility index (Phi) is 2.54. The lowest BCUT2D eigenvalue weighted by atomic mass is 9.92. The van der Waals surface area contributed by atoms with Crippen molar-refractivity contribution in [1.82, 2.24) is 0 Å². The summed E-state index contributed by atoms with van der Waals surface area (Å²) in [5.41, 5.74) is 4.78. The SMILES string of the molecule is CCc1ccc(C)c2c1CC1(CCCC1)S2. The van der Waals surface area contributed by atoms with Gasteiger partial charge in [0.15, 0.2) is 0 Å². The molecule has 0 N–H and O–H groups in total. The minimum Gasteiger partial charge on any atom is -0.118 e. The van der Waals surface area contributed by atoms with Crippen LogP contribution in [-0.4, -0.2) is 4.75 Å². The maximum Gasteiger partial charge on any atom is 0.0248 e. The molecule has 0 unspecified atom stereocenters. The number of thioether (sulfide) groups is 1. The van der Waals surface area contributed by atoms with Crippen molar-refractivity contribution in [2.24, 2.45) is 0 Å². The smallest absolute Gasteiger partial charge is 0.0248 e. The zero-order chi connectivity index (χ0) is 11.2. The molecular weight excluding hydrogens is 212 g/mol. The van der Waals surface area contributed by atoms with Crippen LogP contribution < -0.4 is 0 Å². The molecule has 1 saturated carbocycles. The predicted octanol–water partition coefficient (Wildman–Crippen LogP) is 4.52. The molecule has 0 aromatic heterocycles. The average molecular weight is 232 g/mol. The summed E-state index contributed by atoms with van der Waals surface area (Å²) in [7, 11) is 0. The second-order valence-electron chi connectivity index (χ2n) is 5.37. The minimum absolute atomic E-state index is 0.596. The van der Waals surface area contributed by atoms with Crippen LogP contribution >= 0.6 is 11.8 Å². The first kappa shape index (κ1) is 10.7. The van der Waals surface area contributed by atoms with E-state index >= 15 is 0 Å². The topological polar surface area (TPSA) is 0 Å². The molecule has 1 heteroatoms. The molecule has 0 nitrogen and oxygen atoms in total. The molecule has 0 bridgehead atoms. The molecule has 1 aliphatic heterocycles. The highest BCUT2D eigenvalue weighted by Crippen LogP contribution is 2.55. The van der Waals surface area contributed by atoms with Crippen LogP contribution in [0.4, 0.5) is 0 Å². The van der Waals surface area contributed by atoms with Crippen molar-refractivity contribution in [3.63, 3.8) is 0 Å². The standard InChI is InChI=1S/C15H20S/c1-3-12-7-6-11(2)14-13(12)10-15(16-14)8-4-5-9-15/h6-7H,3-5,8-10H2,1-2H3. The van der Waals surface area contributed by atoms with Crippen LogP contribution in [0.2, 0.25) is 0 Å². The Morgan fingerprint density at radius 3 is 2.69 bits per heavy atom. The molecule has 3 rings (SSSR count). The van der Waals surface area contributed by atoms with E-state index in [1.54, 1.807) is 16.0 Å². The lowest BCUT2D eigenvalue weighted by Crippen LogP contribution is -2.18. The van der Waals surface area contributed by atoms with Crippen LogP contribution in [0.1, 0.15) is 49.3 Å². The number of rotatable bonds is 1. The van der Waals surface area contributed by atoms with Gasteiger partial charge in [0.25, 0.3) is 0 Å². The third-order valence-corrected chi connectivity index (χ3v) is 6.03. The molecule has 1 spiro atoms. The normalized spacial score (nSPS) is 21.6. The van der Waals surface area contributed by atoms with Crippen LogP contribution in [0, 0.1) is 6.92 Å². The number of hydrogen-bond acceptors (Lipinski definition) is 1. The second-order valence-corrected chi connectivity index (χ2v) is 6.85. The van der Waals surface area contributed by atoms with Crippen molar-refractivity contribution in [1.29, 1.82) is 0 Å². The Labute approximate surface area is 103 Å². The highest BCUT2D eigenvalue weighted by molar-refractivity contribution is 8.01. The van der Waals surface area contributed by atoms with E-state index in [-0.39, 0.29) is 0 Å². The summed E-state index contributed by atoms with van der Waals surface area (Å²) in [6, 6.07) is 4.67. The quantitative estimate of drug-likeness (QED) is 0.686. The van der Waals surface area contributed by atoms with Gasteiger partial charge in [-0.05, 0) is 49.3 Å². The molecule has 1 heterocycles. The Balaban J connectivity index is 2.04. The molecule has 2 aliphatic rings. The number of fused-ring (bicyclic) bond motifs is 1. The molecule has 86 valence electrons. The molecule has 16 heavy (non-hydrogen) atoms. The van der Waals surface area contributed by atoms with Crippen LogP contribution in [0.3, 0.4) is 0 Å². The van der Waals surface area contributed by atoms with Gasteiger partial charge in [0.05, 0.1) is 0 Å². The van der Waals surface area contributed by atoms with Crippen LogP contribution in [0.25, 0.3) is 0 Å². The van der Waals surface area contributed by atoms with Crippen molar-refractivity contribution < 1.29 is 0 Å². The van der Waals surface area contributed by atoms with E-state index < -0.39 is 0 Å². The van der Waals surface area contributed by atoms with E-state index in [1.165, 1.54) is 44.1 Å². The summed E-state index contributed by atoms with van der Waals surface area (Å²) >= 11 is 2.20. The molecule has 1 fully saturated rings. The van der Waals surface area contributed by atoms with Crippen molar-refractivity contribution >= 4 is 11.8 Å². The molecule has 0 saturated heterocycles. The van der Waals surface area contributed by atoms with Crippen molar-refractivity contribution in [3.05, 3.63) is 28.8 Å². The summed E-state index contributed by atoms with van der Waals surface area (Å²) in [4.78, 5) is 1.63. The first-order valence-corrected chi connectivity index (χ1v) is 7.36. The van der Waals surface area contributed by atoms with Crippen molar-refractivity contribution in [3.8, 4) is 0 Å². The summed E-state index contributed by atoms with van der Waals surface area (Å²) in [5, 5.41) is 0. The average Bonchev–Trinajstić information content (AvgIpc) is 2.88. The van der Waals surface area contributed by atoms with E-state index in [4.69, 9.17) is 0 Å². The highest BCUT2D eigenvalue weighted by Gasteiger charge is 2.41. The monoisotopic (exact) mass is 232 g/mol. The molecule has 1 aromatic carbocycles. The van der Waals surface area contributed by atoms with Gasteiger partial charge >= 0.3 is 0 Å². The summed E-state index contributed by atoms with van der Waals surface area (Å²) in [6.45, 7) is 4.56. The van der Waals surface area contributed by atoms with E-state index in [0.717, 1.165) is 0 Å². The van der Waals surface area contributed by atoms with Gasteiger partial charge in [-0.2, -0.15) is 0 Å². The van der Waals surface area contributed by atoms with Crippen molar-refractivity contribution in [2.75, 3.05) is 0 Å².